The summed E-state index contributed by atoms with van der Waals surface area (Å²) in [6.45, 7) is 6.11. The molecule has 0 heterocycles. The summed E-state index contributed by atoms with van der Waals surface area (Å²) in [5.41, 5.74) is 2.33. The van der Waals surface area contributed by atoms with Crippen molar-refractivity contribution in [1.29, 1.82) is 0 Å². The monoisotopic (exact) mass is 260 g/mol. The Labute approximate surface area is 112 Å². The molecule has 18 heavy (non-hydrogen) atoms. The van der Waals surface area contributed by atoms with Crippen molar-refractivity contribution in [3.05, 3.63) is 54.1 Å². The average Bonchev–Trinajstić information content (AvgIpc) is 2.40. The van der Waals surface area contributed by atoms with Crippen LogP contribution in [0.15, 0.2) is 48.6 Å². The number of hydrogen-bond acceptors (Lipinski definition) is 2. The van der Waals surface area contributed by atoms with Crippen LogP contribution in [0.25, 0.3) is 5.57 Å². The second-order valence-electron chi connectivity index (χ2n) is 4.12. The average molecular weight is 260 g/mol. The number of allylic oxidation sites excluding steroid dienone is 2. The third-order valence-corrected chi connectivity index (χ3v) is 3.41. The van der Waals surface area contributed by atoms with Crippen LogP contribution in [0.1, 0.15) is 18.9 Å². The molecule has 0 spiro atoms. The van der Waals surface area contributed by atoms with Crippen molar-refractivity contribution in [2.75, 3.05) is 6.61 Å². The molecule has 3 heteroatoms. The normalized spacial score (nSPS) is 11.8. The number of carbonyl (C=O) groups is 1. The van der Waals surface area contributed by atoms with Crippen molar-refractivity contribution in [3.63, 3.8) is 0 Å². The Hall–Kier alpha value is -1.61. The van der Waals surface area contributed by atoms with Crippen LogP contribution in [0.3, 0.4) is 0 Å². The zero-order valence-electron chi connectivity index (χ0n) is 11.1. The molecule has 0 saturated carbocycles. The summed E-state index contributed by atoms with van der Waals surface area (Å²) in [6, 6.07) is 10.7. The molecule has 0 N–H and O–H groups in total. The molecule has 0 aliphatic heterocycles. The van der Waals surface area contributed by atoms with Gasteiger partial charge in [0.05, 0.1) is 12.2 Å². The summed E-state index contributed by atoms with van der Waals surface area (Å²) in [4.78, 5) is 12.1. The SMILES string of the molecule is C=CC(C)=C(C(=O)OCCC[SiH3])c1ccccc1. The van der Waals surface area contributed by atoms with E-state index in [0.29, 0.717) is 12.2 Å². The van der Waals surface area contributed by atoms with E-state index in [4.69, 9.17) is 4.74 Å². The molecule has 2 nitrogen and oxygen atoms in total. The third kappa shape index (κ3) is 4.00. The van der Waals surface area contributed by atoms with E-state index >= 15 is 0 Å². The first-order chi connectivity index (χ1) is 8.70. The fourth-order valence-corrected chi connectivity index (χ4v) is 1.88. The van der Waals surface area contributed by atoms with E-state index in [9.17, 15) is 4.79 Å². The fraction of sp³-hybridized carbons (Fsp3) is 0.267. The molecular weight excluding hydrogens is 240 g/mol. The van der Waals surface area contributed by atoms with Gasteiger partial charge in [0.25, 0.3) is 0 Å². The van der Waals surface area contributed by atoms with Crippen molar-refractivity contribution in [3.8, 4) is 0 Å². The van der Waals surface area contributed by atoms with E-state index in [1.165, 1.54) is 0 Å². The first kappa shape index (κ1) is 14.4. The number of benzene rings is 1. The maximum atomic E-state index is 12.1. The minimum atomic E-state index is -0.256. The van der Waals surface area contributed by atoms with E-state index in [1.54, 1.807) is 6.08 Å². The summed E-state index contributed by atoms with van der Waals surface area (Å²) in [6.07, 6.45) is 2.64. The quantitative estimate of drug-likeness (QED) is 0.258. The Bertz CT molecular complexity index is 435. The van der Waals surface area contributed by atoms with Crippen LogP contribution in [0.5, 0.6) is 0 Å². The largest absolute Gasteiger partial charge is 0.462 e. The highest BCUT2D eigenvalue weighted by molar-refractivity contribution is 6.17. The van der Waals surface area contributed by atoms with Crippen LogP contribution < -0.4 is 0 Å². The number of carbonyl (C=O) groups excluding carboxylic acids is 1. The number of ether oxygens (including phenoxy) is 1. The van der Waals surface area contributed by atoms with Gasteiger partial charge in [-0.15, -0.1) is 0 Å². The molecule has 0 saturated heterocycles. The summed E-state index contributed by atoms with van der Waals surface area (Å²) in [7, 11) is 1.15. The molecule has 0 radical (unpaired) electrons. The lowest BCUT2D eigenvalue weighted by atomic mass is 10.0. The molecule has 0 fully saturated rings. The van der Waals surface area contributed by atoms with Crippen molar-refractivity contribution in [2.24, 2.45) is 0 Å². The Morgan fingerprint density at radius 1 is 1.39 bits per heavy atom. The lowest BCUT2D eigenvalue weighted by Crippen LogP contribution is -2.09. The lowest BCUT2D eigenvalue weighted by molar-refractivity contribution is -0.136. The third-order valence-electron chi connectivity index (χ3n) is 2.70. The Morgan fingerprint density at radius 3 is 2.61 bits per heavy atom. The van der Waals surface area contributed by atoms with Crippen LogP contribution in [-0.4, -0.2) is 22.8 Å². The van der Waals surface area contributed by atoms with Crippen LogP contribution in [0.4, 0.5) is 0 Å². The number of esters is 1. The summed E-state index contributed by atoms with van der Waals surface area (Å²) in [5, 5.41) is 0. The summed E-state index contributed by atoms with van der Waals surface area (Å²) in [5.74, 6) is -0.256. The van der Waals surface area contributed by atoms with Gasteiger partial charge in [-0.05, 0) is 24.5 Å². The van der Waals surface area contributed by atoms with Gasteiger partial charge < -0.3 is 4.74 Å². The van der Waals surface area contributed by atoms with E-state index in [0.717, 1.165) is 33.8 Å². The standard InChI is InChI=1S/C15H20O2Si/c1-3-12(2)14(13-8-5-4-6-9-13)15(16)17-10-7-11-18/h3-6,8-9H,1,7,10-11H2,2,18H3. The predicted octanol–water partition coefficient (Wildman–Crippen LogP) is 2.36. The molecule has 0 unspecified atom stereocenters. The molecular formula is C15H20O2Si. The highest BCUT2D eigenvalue weighted by Gasteiger charge is 2.15. The van der Waals surface area contributed by atoms with Crippen molar-refractivity contribution >= 4 is 21.8 Å². The van der Waals surface area contributed by atoms with E-state index in [1.807, 2.05) is 37.3 Å². The van der Waals surface area contributed by atoms with E-state index in [2.05, 4.69) is 6.58 Å². The molecule has 1 rings (SSSR count). The second kappa shape index (κ2) is 7.66. The Kier molecular flexibility index (Phi) is 6.15. The van der Waals surface area contributed by atoms with Crippen molar-refractivity contribution in [2.45, 2.75) is 19.4 Å². The van der Waals surface area contributed by atoms with Crippen molar-refractivity contribution in [1.82, 2.24) is 0 Å². The van der Waals surface area contributed by atoms with Crippen LogP contribution in [0, 0.1) is 0 Å². The van der Waals surface area contributed by atoms with Gasteiger partial charge in [0.2, 0.25) is 0 Å². The van der Waals surface area contributed by atoms with Crippen LogP contribution in [-0.2, 0) is 9.53 Å². The van der Waals surface area contributed by atoms with Gasteiger partial charge in [0, 0.05) is 10.2 Å². The number of rotatable bonds is 6. The lowest BCUT2D eigenvalue weighted by Gasteiger charge is -2.10. The number of hydrogen-bond donors (Lipinski definition) is 0. The highest BCUT2D eigenvalue weighted by Crippen LogP contribution is 2.21. The van der Waals surface area contributed by atoms with Gasteiger partial charge in [-0.25, -0.2) is 4.79 Å². The molecule has 1 aromatic rings. The summed E-state index contributed by atoms with van der Waals surface area (Å²) < 4.78 is 5.30. The minimum absolute atomic E-state index is 0.256. The van der Waals surface area contributed by atoms with Crippen LogP contribution >= 0.6 is 0 Å². The van der Waals surface area contributed by atoms with Gasteiger partial charge in [-0.2, -0.15) is 0 Å². The first-order valence-corrected chi connectivity index (χ1v) is 7.68. The molecule has 1 aromatic carbocycles. The molecule has 0 amide bonds. The maximum absolute atomic E-state index is 12.1. The van der Waals surface area contributed by atoms with Gasteiger partial charge in [0.15, 0.2) is 0 Å². The topological polar surface area (TPSA) is 26.3 Å². The van der Waals surface area contributed by atoms with Gasteiger partial charge in [0.1, 0.15) is 0 Å². The van der Waals surface area contributed by atoms with E-state index < -0.39 is 0 Å². The van der Waals surface area contributed by atoms with E-state index in [-0.39, 0.29) is 5.97 Å². The van der Waals surface area contributed by atoms with Gasteiger partial charge in [-0.3, -0.25) is 0 Å². The zero-order valence-corrected chi connectivity index (χ0v) is 13.1. The predicted molar refractivity (Wildman–Crippen MR) is 79.6 cm³/mol. The summed E-state index contributed by atoms with van der Waals surface area (Å²) >= 11 is 0. The molecule has 0 bridgehead atoms. The Balaban J connectivity index is 2.94. The molecule has 0 aromatic heterocycles. The Morgan fingerprint density at radius 2 is 2.06 bits per heavy atom. The highest BCUT2D eigenvalue weighted by atomic mass is 28.1. The fourth-order valence-electron chi connectivity index (χ4n) is 1.59. The molecule has 0 aliphatic carbocycles. The van der Waals surface area contributed by atoms with Gasteiger partial charge >= 0.3 is 5.97 Å². The zero-order chi connectivity index (χ0) is 13.4. The molecule has 0 aliphatic rings. The maximum Gasteiger partial charge on any atom is 0.339 e. The minimum Gasteiger partial charge on any atom is -0.462 e. The van der Waals surface area contributed by atoms with Gasteiger partial charge in [-0.1, -0.05) is 49.0 Å². The molecule has 0 atom stereocenters. The first-order valence-electron chi connectivity index (χ1n) is 6.26. The smallest absolute Gasteiger partial charge is 0.339 e. The van der Waals surface area contributed by atoms with Crippen LogP contribution in [0.2, 0.25) is 6.04 Å². The second-order valence-corrected chi connectivity index (χ2v) is 5.12. The molecule has 96 valence electrons. The van der Waals surface area contributed by atoms with Crippen molar-refractivity contribution < 1.29 is 9.53 Å².